The van der Waals surface area contributed by atoms with Gasteiger partial charge >= 0.3 is 0 Å². The normalized spacial score (nSPS) is 17.4. The summed E-state index contributed by atoms with van der Waals surface area (Å²) in [5.74, 6) is 0.181. The second kappa shape index (κ2) is 6.61. The lowest BCUT2D eigenvalue weighted by Gasteiger charge is -2.33. The highest BCUT2D eigenvalue weighted by Crippen LogP contribution is 2.33. The van der Waals surface area contributed by atoms with Crippen molar-refractivity contribution in [3.8, 4) is 0 Å². The third kappa shape index (κ3) is 3.03. The molecular weight excluding hydrogens is 337 g/mol. The van der Waals surface area contributed by atoms with Crippen LogP contribution in [-0.4, -0.2) is 17.4 Å². The van der Waals surface area contributed by atoms with Crippen LogP contribution in [0.15, 0.2) is 29.6 Å². The number of nitrogens with zero attached hydrogens (tertiary/aromatic N) is 1. The summed E-state index contributed by atoms with van der Waals surface area (Å²) in [4.78, 5) is 16.0. The number of carbonyl (C=O) groups is 1. The maximum absolute atomic E-state index is 12.6. The molecule has 1 aromatic carbocycles. The minimum absolute atomic E-state index is 0.164. The van der Waals surface area contributed by atoms with Gasteiger partial charge in [-0.3, -0.25) is 4.79 Å². The lowest BCUT2D eigenvalue weighted by Crippen LogP contribution is -2.38. The number of amides is 1. The number of hydrogen-bond donors (Lipinski definition) is 0. The van der Waals surface area contributed by atoms with Crippen molar-refractivity contribution in [1.29, 1.82) is 0 Å². The Hall–Kier alpha value is -1.03. The van der Waals surface area contributed by atoms with Crippen LogP contribution in [0.2, 0.25) is 10.0 Å². The Bertz CT molecular complexity index is 698. The maximum Gasteiger partial charge on any atom is 0.223 e. The summed E-state index contributed by atoms with van der Waals surface area (Å²) in [7, 11) is 0. The van der Waals surface area contributed by atoms with Gasteiger partial charge in [0.05, 0.1) is 16.1 Å². The van der Waals surface area contributed by atoms with Gasteiger partial charge in [-0.05, 0) is 48.4 Å². The number of rotatable bonds is 3. The van der Waals surface area contributed by atoms with Gasteiger partial charge in [-0.1, -0.05) is 35.3 Å². The third-order valence-corrected chi connectivity index (χ3v) is 6.09. The number of thiophene rings is 1. The summed E-state index contributed by atoms with van der Waals surface area (Å²) in [6.07, 6.45) is 2.04. The molecule has 3 rings (SSSR count). The molecule has 1 aromatic heterocycles. The average molecular weight is 354 g/mol. The summed E-state index contributed by atoms with van der Waals surface area (Å²) in [5.41, 5.74) is 2.23. The van der Waals surface area contributed by atoms with E-state index in [2.05, 4.69) is 18.4 Å². The molecule has 116 valence electrons. The minimum atomic E-state index is 0.164. The number of halogens is 2. The van der Waals surface area contributed by atoms with Crippen LogP contribution in [-0.2, 0) is 17.6 Å². The van der Waals surface area contributed by atoms with Crippen molar-refractivity contribution in [2.45, 2.75) is 32.2 Å². The van der Waals surface area contributed by atoms with Gasteiger partial charge in [-0.25, -0.2) is 0 Å². The summed E-state index contributed by atoms with van der Waals surface area (Å²) >= 11 is 14.0. The lowest BCUT2D eigenvalue weighted by molar-refractivity contribution is -0.133. The van der Waals surface area contributed by atoms with Gasteiger partial charge in [0.2, 0.25) is 5.91 Å². The molecule has 0 saturated heterocycles. The van der Waals surface area contributed by atoms with Crippen LogP contribution in [0.3, 0.4) is 0 Å². The summed E-state index contributed by atoms with van der Waals surface area (Å²) in [6, 6.07) is 7.86. The van der Waals surface area contributed by atoms with Crippen LogP contribution in [0.4, 0.5) is 0 Å². The lowest BCUT2D eigenvalue weighted by atomic mass is 10.0. The molecule has 0 saturated carbocycles. The smallest absolute Gasteiger partial charge is 0.223 e. The largest absolute Gasteiger partial charge is 0.336 e. The van der Waals surface area contributed by atoms with E-state index in [4.69, 9.17) is 23.2 Å². The minimum Gasteiger partial charge on any atom is -0.336 e. The zero-order chi connectivity index (χ0) is 15.7. The highest BCUT2D eigenvalue weighted by molar-refractivity contribution is 7.10. The second-order valence-electron chi connectivity index (χ2n) is 5.53. The number of carbonyl (C=O) groups excluding carboxylic acids is 1. The summed E-state index contributed by atoms with van der Waals surface area (Å²) in [6.45, 7) is 2.91. The number of benzene rings is 1. The van der Waals surface area contributed by atoms with Crippen molar-refractivity contribution >= 4 is 40.4 Å². The van der Waals surface area contributed by atoms with E-state index in [0.29, 0.717) is 22.9 Å². The molecule has 0 spiro atoms. The molecule has 1 atom stereocenters. The van der Waals surface area contributed by atoms with Crippen molar-refractivity contribution in [3.63, 3.8) is 0 Å². The predicted octanol–water partition coefficient (Wildman–Crippen LogP) is 5.13. The van der Waals surface area contributed by atoms with Gasteiger partial charge in [-0.15, -0.1) is 11.3 Å². The molecule has 22 heavy (non-hydrogen) atoms. The van der Waals surface area contributed by atoms with Crippen molar-refractivity contribution in [1.82, 2.24) is 4.90 Å². The fourth-order valence-electron chi connectivity index (χ4n) is 2.98. The van der Waals surface area contributed by atoms with Crippen molar-refractivity contribution in [2.24, 2.45) is 0 Å². The molecule has 0 aliphatic carbocycles. The van der Waals surface area contributed by atoms with Gasteiger partial charge in [0, 0.05) is 17.8 Å². The SMILES string of the molecule is C[C@@H]1c2ccsc2CCN1C(=O)CCc1cccc(Cl)c1Cl. The van der Waals surface area contributed by atoms with Gasteiger partial charge in [0.15, 0.2) is 0 Å². The maximum atomic E-state index is 12.6. The van der Waals surface area contributed by atoms with Crippen LogP contribution in [0, 0.1) is 0 Å². The van der Waals surface area contributed by atoms with Crippen molar-refractivity contribution < 1.29 is 4.79 Å². The fraction of sp³-hybridized carbons (Fsp3) is 0.353. The van der Waals surface area contributed by atoms with E-state index in [1.807, 2.05) is 17.0 Å². The van der Waals surface area contributed by atoms with Gasteiger partial charge in [-0.2, -0.15) is 0 Å². The molecule has 1 aliphatic heterocycles. The van der Waals surface area contributed by atoms with E-state index in [-0.39, 0.29) is 11.9 Å². The number of fused-ring (bicyclic) bond motifs is 1. The Morgan fingerprint density at radius 1 is 1.36 bits per heavy atom. The van der Waals surface area contributed by atoms with Crippen molar-refractivity contribution in [2.75, 3.05) is 6.54 Å². The molecule has 2 aromatic rings. The zero-order valence-corrected chi connectivity index (χ0v) is 14.6. The van der Waals surface area contributed by atoms with Crippen LogP contribution in [0.1, 0.15) is 35.4 Å². The molecule has 2 nitrogen and oxygen atoms in total. The van der Waals surface area contributed by atoms with E-state index in [0.717, 1.165) is 18.5 Å². The Labute approximate surface area is 144 Å². The fourth-order valence-corrected chi connectivity index (χ4v) is 4.35. The highest BCUT2D eigenvalue weighted by atomic mass is 35.5. The van der Waals surface area contributed by atoms with E-state index < -0.39 is 0 Å². The molecule has 1 aliphatic rings. The summed E-state index contributed by atoms with van der Waals surface area (Å²) < 4.78 is 0. The Kier molecular flexibility index (Phi) is 4.76. The third-order valence-electron chi connectivity index (χ3n) is 4.24. The van der Waals surface area contributed by atoms with E-state index in [1.54, 1.807) is 17.4 Å². The standard InChI is InChI=1S/C17H17Cl2NOS/c1-11-13-8-10-22-15(13)7-9-20(11)16(21)6-5-12-3-2-4-14(18)17(12)19/h2-4,8,10-11H,5-7,9H2,1H3/t11-/m1/s1. The second-order valence-corrected chi connectivity index (χ2v) is 7.31. The zero-order valence-electron chi connectivity index (χ0n) is 12.3. The Balaban J connectivity index is 1.67. The van der Waals surface area contributed by atoms with Crippen LogP contribution >= 0.6 is 34.5 Å². The quantitative estimate of drug-likeness (QED) is 0.748. The van der Waals surface area contributed by atoms with E-state index in [1.165, 1.54) is 10.4 Å². The molecule has 1 amide bonds. The monoisotopic (exact) mass is 353 g/mol. The molecular formula is C17H17Cl2NOS. The molecule has 5 heteroatoms. The average Bonchev–Trinajstić information content (AvgIpc) is 2.98. The van der Waals surface area contributed by atoms with Crippen LogP contribution in [0.5, 0.6) is 0 Å². The topological polar surface area (TPSA) is 20.3 Å². The van der Waals surface area contributed by atoms with Crippen LogP contribution < -0.4 is 0 Å². The first-order valence-corrected chi connectivity index (χ1v) is 9.00. The first-order valence-electron chi connectivity index (χ1n) is 7.36. The highest BCUT2D eigenvalue weighted by Gasteiger charge is 2.27. The Morgan fingerprint density at radius 2 is 2.18 bits per heavy atom. The van der Waals surface area contributed by atoms with Gasteiger partial charge < -0.3 is 4.90 Å². The van der Waals surface area contributed by atoms with Gasteiger partial charge in [0.1, 0.15) is 0 Å². The van der Waals surface area contributed by atoms with E-state index in [9.17, 15) is 4.79 Å². The predicted molar refractivity (Wildman–Crippen MR) is 92.9 cm³/mol. The molecule has 0 radical (unpaired) electrons. The Morgan fingerprint density at radius 3 is 3.00 bits per heavy atom. The van der Waals surface area contributed by atoms with E-state index >= 15 is 0 Å². The number of hydrogen-bond acceptors (Lipinski definition) is 2. The van der Waals surface area contributed by atoms with Crippen LogP contribution in [0.25, 0.3) is 0 Å². The number of aryl methyl sites for hydroxylation is 1. The molecule has 0 N–H and O–H groups in total. The molecule has 2 heterocycles. The molecule has 0 bridgehead atoms. The molecule has 0 unspecified atom stereocenters. The summed E-state index contributed by atoms with van der Waals surface area (Å²) in [5, 5.41) is 3.21. The van der Waals surface area contributed by atoms with Gasteiger partial charge in [0.25, 0.3) is 0 Å². The van der Waals surface area contributed by atoms with Crippen molar-refractivity contribution in [3.05, 3.63) is 55.7 Å². The first-order chi connectivity index (χ1) is 10.6. The first kappa shape index (κ1) is 15.9. The molecule has 0 fully saturated rings.